The molecular weight excluding hydrogens is 450 g/mol. The summed E-state index contributed by atoms with van der Waals surface area (Å²) in [5.41, 5.74) is 2.10. The normalized spacial score (nSPS) is 10.5. The second kappa shape index (κ2) is 15.3. The second-order valence-electron chi connectivity index (χ2n) is 8.24. The summed E-state index contributed by atoms with van der Waals surface area (Å²) in [6.07, 6.45) is 11.6. The number of carbonyl (C=O) groups excluding carboxylic acids is 2. The van der Waals surface area contributed by atoms with Crippen molar-refractivity contribution in [3.8, 4) is 11.6 Å². The predicted molar refractivity (Wildman–Crippen MR) is 133 cm³/mol. The Balaban J connectivity index is 1.82. The van der Waals surface area contributed by atoms with Gasteiger partial charge in [-0.3, -0.25) is 9.59 Å². The highest BCUT2D eigenvalue weighted by Gasteiger charge is 2.16. The lowest BCUT2D eigenvalue weighted by Crippen LogP contribution is -2.32. The van der Waals surface area contributed by atoms with Crippen molar-refractivity contribution in [1.82, 2.24) is 10.3 Å². The van der Waals surface area contributed by atoms with E-state index in [0.717, 1.165) is 12.8 Å². The summed E-state index contributed by atoms with van der Waals surface area (Å²) in [5.74, 6) is -1.73. The zero-order valence-electron chi connectivity index (χ0n) is 20.5. The van der Waals surface area contributed by atoms with Crippen LogP contribution in [-0.4, -0.2) is 41.7 Å². The van der Waals surface area contributed by atoms with Crippen LogP contribution in [0.1, 0.15) is 74.2 Å². The van der Waals surface area contributed by atoms with Crippen molar-refractivity contribution < 1.29 is 29.0 Å². The topological polar surface area (TPSA) is 127 Å². The van der Waals surface area contributed by atoms with E-state index in [1.165, 1.54) is 69.9 Å². The van der Waals surface area contributed by atoms with Crippen LogP contribution in [0.15, 0.2) is 36.5 Å². The standard InChI is InChI=1S/C26H35N3O6/c1-3-4-5-6-7-8-9-10-11-19-12-14-21(15-13-19)29-24(32)20-16-22(34-2)25(27-17-20)35-26(33)28-18-23(30)31/h12-17H,3-11,18H2,1-2H3,(H,28,33)(H,29,32)(H,30,31). The summed E-state index contributed by atoms with van der Waals surface area (Å²) in [7, 11) is 1.34. The highest BCUT2D eigenvalue weighted by molar-refractivity contribution is 6.04. The quantitative estimate of drug-likeness (QED) is 0.296. The van der Waals surface area contributed by atoms with E-state index in [1.54, 1.807) is 0 Å². The number of ether oxygens (including phenoxy) is 2. The van der Waals surface area contributed by atoms with Crippen LogP contribution in [0.3, 0.4) is 0 Å². The summed E-state index contributed by atoms with van der Waals surface area (Å²) in [5, 5.41) is 13.5. The smallest absolute Gasteiger partial charge is 0.414 e. The molecule has 3 N–H and O–H groups in total. The number of carbonyl (C=O) groups is 3. The minimum Gasteiger partial charge on any atom is -0.491 e. The molecule has 2 amide bonds. The van der Waals surface area contributed by atoms with Crippen molar-refractivity contribution in [2.45, 2.75) is 64.7 Å². The molecule has 9 nitrogen and oxygen atoms in total. The van der Waals surface area contributed by atoms with Crippen LogP contribution in [0.4, 0.5) is 10.5 Å². The molecule has 9 heteroatoms. The van der Waals surface area contributed by atoms with E-state index in [2.05, 4.69) is 17.2 Å². The molecule has 0 unspecified atom stereocenters. The lowest BCUT2D eigenvalue weighted by atomic mass is 10.0. The second-order valence-corrected chi connectivity index (χ2v) is 8.24. The van der Waals surface area contributed by atoms with Crippen LogP contribution >= 0.6 is 0 Å². The van der Waals surface area contributed by atoms with Gasteiger partial charge in [-0.2, -0.15) is 0 Å². The highest BCUT2D eigenvalue weighted by Crippen LogP contribution is 2.25. The van der Waals surface area contributed by atoms with Gasteiger partial charge in [0.1, 0.15) is 6.54 Å². The van der Waals surface area contributed by atoms with E-state index in [0.29, 0.717) is 5.69 Å². The number of benzene rings is 1. The monoisotopic (exact) mass is 485 g/mol. The van der Waals surface area contributed by atoms with Crippen LogP contribution in [0, 0.1) is 0 Å². The molecule has 2 rings (SSSR count). The number of aromatic nitrogens is 1. The number of unbranched alkanes of at least 4 members (excludes halogenated alkanes) is 7. The van der Waals surface area contributed by atoms with Crippen LogP contribution in [0.2, 0.25) is 0 Å². The molecule has 0 saturated heterocycles. The molecule has 190 valence electrons. The fourth-order valence-electron chi connectivity index (χ4n) is 3.47. The van der Waals surface area contributed by atoms with Gasteiger partial charge >= 0.3 is 12.1 Å². The van der Waals surface area contributed by atoms with Gasteiger partial charge in [-0.1, -0.05) is 64.0 Å². The number of nitrogens with one attached hydrogen (secondary N) is 2. The van der Waals surface area contributed by atoms with Gasteiger partial charge in [0.2, 0.25) is 0 Å². The van der Waals surface area contributed by atoms with Gasteiger partial charge in [0, 0.05) is 18.0 Å². The molecule has 1 aromatic carbocycles. The summed E-state index contributed by atoms with van der Waals surface area (Å²) >= 11 is 0. The van der Waals surface area contributed by atoms with Crippen LogP contribution in [-0.2, 0) is 11.2 Å². The molecular formula is C26H35N3O6. The van der Waals surface area contributed by atoms with Crippen LogP contribution in [0.25, 0.3) is 0 Å². The van der Waals surface area contributed by atoms with Gasteiger partial charge in [-0.25, -0.2) is 9.78 Å². The number of methoxy groups -OCH3 is 1. The molecule has 0 spiro atoms. The van der Waals surface area contributed by atoms with Crippen molar-refractivity contribution >= 4 is 23.7 Å². The van der Waals surface area contributed by atoms with Gasteiger partial charge in [-0.15, -0.1) is 0 Å². The van der Waals surface area contributed by atoms with E-state index in [-0.39, 0.29) is 17.2 Å². The molecule has 0 bridgehead atoms. The molecule has 0 fully saturated rings. The third kappa shape index (κ3) is 10.5. The molecule has 0 atom stereocenters. The first-order chi connectivity index (χ1) is 16.9. The largest absolute Gasteiger partial charge is 0.491 e. The van der Waals surface area contributed by atoms with Gasteiger partial charge < -0.3 is 25.2 Å². The molecule has 0 aliphatic carbocycles. The predicted octanol–water partition coefficient (Wildman–Crippen LogP) is 5.20. The van der Waals surface area contributed by atoms with Gasteiger partial charge in [-0.05, 0) is 30.5 Å². The van der Waals surface area contributed by atoms with Gasteiger partial charge in [0.25, 0.3) is 11.8 Å². The SMILES string of the molecule is CCCCCCCCCCc1ccc(NC(=O)c2cnc(OC(=O)NCC(=O)O)c(OC)c2)cc1. The van der Waals surface area contributed by atoms with Gasteiger partial charge in [0.15, 0.2) is 5.75 Å². The Morgan fingerprint density at radius 2 is 1.63 bits per heavy atom. The summed E-state index contributed by atoms with van der Waals surface area (Å²) in [4.78, 5) is 38.7. The zero-order valence-corrected chi connectivity index (χ0v) is 20.5. The average Bonchev–Trinajstić information content (AvgIpc) is 2.85. The van der Waals surface area contributed by atoms with Crippen LogP contribution < -0.4 is 20.1 Å². The van der Waals surface area contributed by atoms with E-state index < -0.39 is 24.5 Å². The number of hydrogen-bond acceptors (Lipinski definition) is 6. The van der Waals surface area contributed by atoms with Gasteiger partial charge in [0.05, 0.1) is 12.7 Å². The molecule has 0 saturated carbocycles. The number of anilines is 1. The third-order valence-electron chi connectivity index (χ3n) is 5.40. The summed E-state index contributed by atoms with van der Waals surface area (Å²) in [6, 6.07) is 9.16. The zero-order chi connectivity index (χ0) is 25.5. The Morgan fingerprint density at radius 3 is 2.26 bits per heavy atom. The maximum absolute atomic E-state index is 12.6. The first-order valence-electron chi connectivity index (χ1n) is 12.0. The van der Waals surface area contributed by atoms with Crippen molar-refractivity contribution in [1.29, 1.82) is 0 Å². The third-order valence-corrected chi connectivity index (χ3v) is 5.40. The van der Waals surface area contributed by atoms with Crippen LogP contribution in [0.5, 0.6) is 11.6 Å². The lowest BCUT2D eigenvalue weighted by molar-refractivity contribution is -0.135. The molecule has 1 aromatic heterocycles. The maximum atomic E-state index is 12.6. The summed E-state index contributed by atoms with van der Waals surface area (Å²) in [6.45, 7) is 1.63. The van der Waals surface area contributed by atoms with Crippen molar-refractivity contribution in [2.75, 3.05) is 19.0 Å². The molecule has 0 radical (unpaired) electrons. The van der Waals surface area contributed by atoms with E-state index in [1.807, 2.05) is 29.6 Å². The molecule has 35 heavy (non-hydrogen) atoms. The minimum atomic E-state index is -1.21. The summed E-state index contributed by atoms with van der Waals surface area (Å²) < 4.78 is 10.1. The Morgan fingerprint density at radius 1 is 0.971 bits per heavy atom. The number of aryl methyl sites for hydroxylation is 1. The highest BCUT2D eigenvalue weighted by atomic mass is 16.6. The Labute approximate surface area is 206 Å². The fourth-order valence-corrected chi connectivity index (χ4v) is 3.47. The average molecular weight is 486 g/mol. The van der Waals surface area contributed by atoms with E-state index in [4.69, 9.17) is 14.6 Å². The molecule has 0 aliphatic rings. The Bertz CT molecular complexity index is 962. The number of aliphatic carboxylic acids is 1. The van der Waals surface area contributed by atoms with Crippen molar-refractivity contribution in [3.63, 3.8) is 0 Å². The number of amides is 2. The van der Waals surface area contributed by atoms with E-state index in [9.17, 15) is 14.4 Å². The minimum absolute atomic E-state index is 0.0591. The first kappa shape index (κ1) is 27.6. The lowest BCUT2D eigenvalue weighted by Gasteiger charge is -2.11. The Kier molecular flexibility index (Phi) is 12.1. The number of carboxylic acid groups (broad SMARTS) is 1. The van der Waals surface area contributed by atoms with E-state index >= 15 is 0 Å². The number of carboxylic acids is 1. The number of pyridine rings is 1. The molecule has 0 aliphatic heterocycles. The molecule has 2 aromatic rings. The fraction of sp³-hybridized carbons (Fsp3) is 0.462. The number of nitrogens with zero attached hydrogens (tertiary/aromatic N) is 1. The maximum Gasteiger partial charge on any atom is 0.414 e. The number of hydrogen-bond donors (Lipinski definition) is 3. The first-order valence-corrected chi connectivity index (χ1v) is 12.0. The number of rotatable bonds is 15. The van der Waals surface area contributed by atoms with Crippen molar-refractivity contribution in [2.24, 2.45) is 0 Å². The van der Waals surface area contributed by atoms with Crippen molar-refractivity contribution in [3.05, 3.63) is 47.7 Å². The molecule has 1 heterocycles. The Hall–Kier alpha value is -3.62.